The molecule has 0 spiro atoms. The minimum atomic E-state index is 0.476. The SMILES string of the molecule is CC1CCCN(c2cccc(Cl)c2CNC(C)C)C1. The molecule has 0 radical (unpaired) electrons. The van der Waals surface area contributed by atoms with Crippen LogP contribution in [-0.2, 0) is 6.54 Å². The molecule has 106 valence electrons. The summed E-state index contributed by atoms with van der Waals surface area (Å²) in [5, 5.41) is 4.36. The molecule has 0 aliphatic carbocycles. The van der Waals surface area contributed by atoms with E-state index in [-0.39, 0.29) is 0 Å². The molecule has 1 fully saturated rings. The summed E-state index contributed by atoms with van der Waals surface area (Å²) in [7, 11) is 0. The van der Waals surface area contributed by atoms with Crippen LogP contribution in [0.25, 0.3) is 0 Å². The lowest BCUT2D eigenvalue weighted by atomic mass is 9.98. The van der Waals surface area contributed by atoms with Crippen molar-refractivity contribution in [3.05, 3.63) is 28.8 Å². The van der Waals surface area contributed by atoms with Gasteiger partial charge in [-0.2, -0.15) is 0 Å². The van der Waals surface area contributed by atoms with Crippen LogP contribution in [-0.4, -0.2) is 19.1 Å². The first kappa shape index (κ1) is 14.7. The number of benzene rings is 1. The first-order valence-electron chi connectivity index (χ1n) is 7.33. The van der Waals surface area contributed by atoms with Gasteiger partial charge in [0.05, 0.1) is 0 Å². The Labute approximate surface area is 122 Å². The van der Waals surface area contributed by atoms with E-state index in [0.717, 1.165) is 30.6 Å². The Hall–Kier alpha value is -0.730. The quantitative estimate of drug-likeness (QED) is 0.894. The highest BCUT2D eigenvalue weighted by molar-refractivity contribution is 6.31. The van der Waals surface area contributed by atoms with Gasteiger partial charge in [0.1, 0.15) is 0 Å². The van der Waals surface area contributed by atoms with E-state index in [1.807, 2.05) is 6.07 Å². The van der Waals surface area contributed by atoms with Crippen LogP contribution in [0.3, 0.4) is 0 Å². The summed E-state index contributed by atoms with van der Waals surface area (Å²) < 4.78 is 0. The number of halogens is 1. The number of nitrogens with one attached hydrogen (secondary N) is 1. The molecule has 0 aromatic heterocycles. The molecule has 2 nitrogen and oxygen atoms in total. The van der Waals surface area contributed by atoms with E-state index < -0.39 is 0 Å². The molecule has 1 atom stereocenters. The molecule has 1 N–H and O–H groups in total. The van der Waals surface area contributed by atoms with E-state index in [1.54, 1.807) is 0 Å². The van der Waals surface area contributed by atoms with Crippen LogP contribution in [0.1, 0.15) is 39.2 Å². The van der Waals surface area contributed by atoms with E-state index >= 15 is 0 Å². The molecule has 1 unspecified atom stereocenters. The molecule has 1 aromatic rings. The van der Waals surface area contributed by atoms with Crippen LogP contribution >= 0.6 is 11.6 Å². The first-order valence-corrected chi connectivity index (χ1v) is 7.71. The zero-order valence-corrected chi connectivity index (χ0v) is 13.0. The zero-order valence-electron chi connectivity index (χ0n) is 12.2. The molecule has 0 bridgehead atoms. The number of anilines is 1. The predicted octanol–water partition coefficient (Wildman–Crippen LogP) is 4.07. The molecule has 19 heavy (non-hydrogen) atoms. The van der Waals surface area contributed by atoms with Crippen LogP contribution in [0.4, 0.5) is 5.69 Å². The summed E-state index contributed by atoms with van der Waals surface area (Å²) in [5.74, 6) is 0.777. The van der Waals surface area contributed by atoms with E-state index in [1.165, 1.54) is 24.1 Å². The van der Waals surface area contributed by atoms with Gasteiger partial charge in [-0.1, -0.05) is 38.4 Å². The molecule has 2 rings (SSSR count). The third-order valence-electron chi connectivity index (χ3n) is 3.78. The molecular weight excluding hydrogens is 256 g/mol. The largest absolute Gasteiger partial charge is 0.371 e. The number of hydrogen-bond donors (Lipinski definition) is 1. The minimum Gasteiger partial charge on any atom is -0.371 e. The predicted molar refractivity (Wildman–Crippen MR) is 84.0 cm³/mol. The smallest absolute Gasteiger partial charge is 0.0471 e. The molecule has 1 aromatic carbocycles. The molecule has 1 heterocycles. The summed E-state index contributed by atoms with van der Waals surface area (Å²) in [6, 6.07) is 6.75. The Morgan fingerprint density at radius 3 is 2.89 bits per heavy atom. The summed E-state index contributed by atoms with van der Waals surface area (Å²) in [4.78, 5) is 2.50. The molecule has 1 aliphatic heterocycles. The fourth-order valence-corrected chi connectivity index (χ4v) is 2.97. The average molecular weight is 281 g/mol. The molecule has 0 amide bonds. The maximum Gasteiger partial charge on any atom is 0.0471 e. The second kappa shape index (κ2) is 6.62. The lowest BCUT2D eigenvalue weighted by molar-refractivity contribution is 0.445. The minimum absolute atomic E-state index is 0.476. The molecule has 0 saturated carbocycles. The van der Waals surface area contributed by atoms with Crippen molar-refractivity contribution < 1.29 is 0 Å². The maximum atomic E-state index is 6.40. The monoisotopic (exact) mass is 280 g/mol. The van der Waals surface area contributed by atoms with E-state index in [2.05, 4.69) is 43.1 Å². The molecular formula is C16H25ClN2. The maximum absolute atomic E-state index is 6.40. The van der Waals surface area contributed by atoms with E-state index in [4.69, 9.17) is 11.6 Å². The number of hydrogen-bond acceptors (Lipinski definition) is 2. The van der Waals surface area contributed by atoms with Crippen LogP contribution in [0.5, 0.6) is 0 Å². The van der Waals surface area contributed by atoms with Gasteiger partial charge in [-0.05, 0) is 30.9 Å². The Balaban J connectivity index is 2.20. The van der Waals surface area contributed by atoms with Crippen LogP contribution in [0.15, 0.2) is 18.2 Å². The normalized spacial score (nSPS) is 20.1. The fourth-order valence-electron chi connectivity index (χ4n) is 2.73. The summed E-state index contributed by atoms with van der Waals surface area (Å²) in [6.45, 7) is 9.81. The van der Waals surface area contributed by atoms with Crippen molar-refractivity contribution in [2.45, 2.75) is 46.2 Å². The Kier molecular flexibility index (Phi) is 5.12. The second-order valence-electron chi connectivity index (χ2n) is 5.97. The van der Waals surface area contributed by atoms with Gasteiger partial charge in [-0.15, -0.1) is 0 Å². The first-order chi connectivity index (χ1) is 9.08. The van der Waals surface area contributed by atoms with Crippen molar-refractivity contribution in [2.24, 2.45) is 5.92 Å². The summed E-state index contributed by atoms with van der Waals surface area (Å²) >= 11 is 6.40. The highest BCUT2D eigenvalue weighted by Crippen LogP contribution is 2.30. The standard InChI is InChI=1S/C16H25ClN2/c1-12(2)18-10-14-15(17)7-4-8-16(14)19-9-5-6-13(3)11-19/h4,7-8,12-13,18H,5-6,9-11H2,1-3H3. The van der Waals surface area contributed by atoms with Gasteiger partial charge in [0.25, 0.3) is 0 Å². The van der Waals surface area contributed by atoms with E-state index in [9.17, 15) is 0 Å². The summed E-state index contributed by atoms with van der Waals surface area (Å²) in [6.07, 6.45) is 2.63. The van der Waals surface area contributed by atoms with Crippen LogP contribution in [0, 0.1) is 5.92 Å². The Bertz CT molecular complexity index is 417. The van der Waals surface area contributed by atoms with Gasteiger partial charge in [-0.25, -0.2) is 0 Å². The number of piperidine rings is 1. The third-order valence-corrected chi connectivity index (χ3v) is 4.13. The van der Waals surface area contributed by atoms with Crippen molar-refractivity contribution in [3.8, 4) is 0 Å². The molecule has 1 saturated heterocycles. The topological polar surface area (TPSA) is 15.3 Å². The molecule has 1 aliphatic rings. The van der Waals surface area contributed by atoms with Crippen molar-refractivity contribution in [3.63, 3.8) is 0 Å². The van der Waals surface area contributed by atoms with Gasteiger partial charge < -0.3 is 10.2 Å². The van der Waals surface area contributed by atoms with Gasteiger partial charge in [0.2, 0.25) is 0 Å². The van der Waals surface area contributed by atoms with Crippen LogP contribution < -0.4 is 10.2 Å². The lowest BCUT2D eigenvalue weighted by Crippen LogP contribution is -2.35. The molecule has 3 heteroatoms. The number of nitrogens with zero attached hydrogens (tertiary/aromatic N) is 1. The van der Waals surface area contributed by atoms with Crippen molar-refractivity contribution >= 4 is 17.3 Å². The zero-order chi connectivity index (χ0) is 13.8. The van der Waals surface area contributed by atoms with Gasteiger partial charge in [0.15, 0.2) is 0 Å². The summed E-state index contributed by atoms with van der Waals surface area (Å²) in [5.41, 5.74) is 2.55. The highest BCUT2D eigenvalue weighted by atomic mass is 35.5. The second-order valence-corrected chi connectivity index (χ2v) is 6.37. The van der Waals surface area contributed by atoms with Crippen molar-refractivity contribution in [2.75, 3.05) is 18.0 Å². The van der Waals surface area contributed by atoms with Gasteiger partial charge in [-0.3, -0.25) is 0 Å². The fraction of sp³-hybridized carbons (Fsp3) is 0.625. The van der Waals surface area contributed by atoms with Crippen LogP contribution in [0.2, 0.25) is 5.02 Å². The Morgan fingerprint density at radius 2 is 2.21 bits per heavy atom. The average Bonchev–Trinajstić information content (AvgIpc) is 2.37. The lowest BCUT2D eigenvalue weighted by Gasteiger charge is -2.34. The van der Waals surface area contributed by atoms with Crippen molar-refractivity contribution in [1.29, 1.82) is 0 Å². The Morgan fingerprint density at radius 1 is 1.42 bits per heavy atom. The van der Waals surface area contributed by atoms with Gasteiger partial charge >= 0.3 is 0 Å². The number of rotatable bonds is 4. The van der Waals surface area contributed by atoms with Gasteiger partial charge in [0, 0.05) is 41.9 Å². The third kappa shape index (κ3) is 3.87. The van der Waals surface area contributed by atoms with E-state index in [0.29, 0.717) is 6.04 Å². The van der Waals surface area contributed by atoms with Crippen molar-refractivity contribution in [1.82, 2.24) is 5.32 Å². The highest BCUT2D eigenvalue weighted by Gasteiger charge is 2.19.